The predicted molar refractivity (Wildman–Crippen MR) is 127 cm³/mol. The van der Waals surface area contributed by atoms with E-state index in [0.29, 0.717) is 29.2 Å². The van der Waals surface area contributed by atoms with Crippen molar-refractivity contribution in [3.05, 3.63) is 48.0 Å². The van der Waals surface area contributed by atoms with E-state index in [-0.39, 0.29) is 35.0 Å². The van der Waals surface area contributed by atoms with E-state index in [0.717, 1.165) is 44.9 Å². The van der Waals surface area contributed by atoms with Gasteiger partial charge >= 0.3 is 11.9 Å². The van der Waals surface area contributed by atoms with Crippen molar-refractivity contribution in [2.45, 2.75) is 84.3 Å². The summed E-state index contributed by atoms with van der Waals surface area (Å²) in [6, 6.07) is 9.38. The van der Waals surface area contributed by atoms with Crippen molar-refractivity contribution in [1.82, 2.24) is 0 Å². The number of allylic oxidation sites excluding steroid dienone is 1. The molecule has 4 fully saturated rings. The molecule has 1 aromatic carbocycles. The van der Waals surface area contributed by atoms with Crippen molar-refractivity contribution in [3.8, 4) is 0 Å². The average Bonchev–Trinajstić information content (AvgIpc) is 3.11. The van der Waals surface area contributed by atoms with Gasteiger partial charge in [0.2, 0.25) is 0 Å². The van der Waals surface area contributed by atoms with Gasteiger partial charge in [-0.15, -0.1) is 0 Å². The fourth-order valence-electron chi connectivity index (χ4n) is 8.35. The zero-order valence-corrected chi connectivity index (χ0v) is 20.3. The van der Waals surface area contributed by atoms with Gasteiger partial charge in [-0.1, -0.05) is 44.2 Å². The highest BCUT2D eigenvalue weighted by Crippen LogP contribution is 2.67. The Morgan fingerprint density at radius 3 is 2.36 bits per heavy atom. The number of benzene rings is 1. The van der Waals surface area contributed by atoms with Crippen molar-refractivity contribution < 1.29 is 19.1 Å². The summed E-state index contributed by atoms with van der Waals surface area (Å²) in [5.41, 5.74) is 2.33. The van der Waals surface area contributed by atoms with E-state index < -0.39 is 0 Å². The van der Waals surface area contributed by atoms with Crippen molar-refractivity contribution in [1.29, 1.82) is 0 Å². The Hall–Kier alpha value is -2.10. The van der Waals surface area contributed by atoms with Gasteiger partial charge in [0.25, 0.3) is 0 Å². The molecule has 0 heterocycles. The second kappa shape index (κ2) is 8.29. The minimum atomic E-state index is -0.192. The van der Waals surface area contributed by atoms with Gasteiger partial charge in [0.05, 0.1) is 5.56 Å². The third-order valence-corrected chi connectivity index (χ3v) is 10.1. The molecule has 178 valence electrons. The SMILES string of the molecule is C=C1C[C@@H]2C[C@@H](OC(C)=O)CC[C@]2(C)[C@H]2CC[C@]3(C)[C@@H](OC(=O)c4ccccc4)CC[C@H]3[C@H]12. The van der Waals surface area contributed by atoms with Gasteiger partial charge in [0.1, 0.15) is 12.2 Å². The summed E-state index contributed by atoms with van der Waals surface area (Å²) >= 11 is 0. The molecule has 4 aliphatic rings. The summed E-state index contributed by atoms with van der Waals surface area (Å²) in [6.45, 7) is 11.0. The predicted octanol–water partition coefficient (Wildman–Crippen LogP) is 6.35. The molecular formula is C29H38O4. The average molecular weight is 451 g/mol. The number of fused-ring (bicyclic) bond motifs is 5. The molecule has 0 N–H and O–H groups in total. The normalized spacial score (nSPS) is 42.0. The van der Waals surface area contributed by atoms with E-state index in [1.54, 1.807) is 0 Å². The summed E-state index contributed by atoms with van der Waals surface area (Å²) < 4.78 is 11.8. The van der Waals surface area contributed by atoms with Crippen LogP contribution in [0.5, 0.6) is 0 Å². The van der Waals surface area contributed by atoms with Crippen LogP contribution >= 0.6 is 0 Å². The maximum Gasteiger partial charge on any atom is 0.338 e. The molecule has 0 aliphatic heterocycles. The highest BCUT2D eigenvalue weighted by Gasteiger charge is 2.62. The van der Waals surface area contributed by atoms with Gasteiger partial charge in [-0.3, -0.25) is 4.79 Å². The van der Waals surface area contributed by atoms with E-state index in [1.807, 2.05) is 30.3 Å². The topological polar surface area (TPSA) is 52.6 Å². The lowest BCUT2D eigenvalue weighted by molar-refractivity contribution is -0.156. The number of ether oxygens (including phenoxy) is 2. The largest absolute Gasteiger partial charge is 0.463 e. The van der Waals surface area contributed by atoms with Crippen LogP contribution in [0.25, 0.3) is 0 Å². The van der Waals surface area contributed by atoms with Gasteiger partial charge in [-0.2, -0.15) is 0 Å². The van der Waals surface area contributed by atoms with E-state index >= 15 is 0 Å². The van der Waals surface area contributed by atoms with E-state index in [1.165, 1.54) is 18.9 Å². The second-order valence-electron chi connectivity index (χ2n) is 11.7. The maximum absolute atomic E-state index is 12.8. The number of esters is 2. The highest BCUT2D eigenvalue weighted by molar-refractivity contribution is 5.89. The van der Waals surface area contributed by atoms with Crippen LogP contribution < -0.4 is 0 Å². The molecule has 4 nitrogen and oxygen atoms in total. The number of carbonyl (C=O) groups is 2. The lowest BCUT2D eigenvalue weighted by Gasteiger charge is -2.61. The van der Waals surface area contributed by atoms with Crippen LogP contribution in [0.2, 0.25) is 0 Å². The Bertz CT molecular complexity index is 938. The molecule has 33 heavy (non-hydrogen) atoms. The first kappa shape index (κ1) is 22.7. The Morgan fingerprint density at radius 2 is 1.64 bits per heavy atom. The first-order chi connectivity index (χ1) is 15.7. The molecule has 0 amide bonds. The molecular weight excluding hydrogens is 412 g/mol. The number of hydrogen-bond donors (Lipinski definition) is 0. The van der Waals surface area contributed by atoms with Gasteiger partial charge in [0, 0.05) is 12.3 Å². The van der Waals surface area contributed by atoms with Gasteiger partial charge in [-0.25, -0.2) is 4.79 Å². The van der Waals surface area contributed by atoms with Crippen molar-refractivity contribution in [3.63, 3.8) is 0 Å². The summed E-state index contributed by atoms with van der Waals surface area (Å²) in [7, 11) is 0. The molecule has 4 heteroatoms. The van der Waals surface area contributed by atoms with Crippen molar-refractivity contribution in [2.24, 2.45) is 34.5 Å². The minimum absolute atomic E-state index is 0.0193. The first-order valence-corrected chi connectivity index (χ1v) is 12.8. The quantitative estimate of drug-likeness (QED) is 0.398. The van der Waals surface area contributed by atoms with Crippen LogP contribution in [-0.4, -0.2) is 24.1 Å². The van der Waals surface area contributed by atoms with Crippen molar-refractivity contribution in [2.75, 3.05) is 0 Å². The lowest BCUT2D eigenvalue weighted by atomic mass is 9.44. The third kappa shape index (κ3) is 3.74. The number of rotatable bonds is 3. The molecule has 0 aromatic heterocycles. The Kier molecular flexibility index (Phi) is 5.69. The summed E-state index contributed by atoms with van der Waals surface area (Å²) in [4.78, 5) is 24.4. The van der Waals surface area contributed by atoms with E-state index in [2.05, 4.69) is 20.4 Å². The fourth-order valence-corrected chi connectivity index (χ4v) is 8.35. The highest BCUT2D eigenvalue weighted by atomic mass is 16.5. The zero-order chi connectivity index (χ0) is 23.4. The Balaban J connectivity index is 1.34. The zero-order valence-electron chi connectivity index (χ0n) is 20.3. The van der Waals surface area contributed by atoms with Crippen LogP contribution in [0.1, 0.15) is 82.5 Å². The van der Waals surface area contributed by atoms with Crippen molar-refractivity contribution >= 4 is 11.9 Å². The Labute approximate surface area is 198 Å². The number of carbonyl (C=O) groups excluding carboxylic acids is 2. The van der Waals surface area contributed by atoms with E-state index in [9.17, 15) is 9.59 Å². The van der Waals surface area contributed by atoms with Crippen LogP contribution in [0.4, 0.5) is 0 Å². The fraction of sp³-hybridized carbons (Fsp3) is 0.655. The molecule has 4 saturated carbocycles. The molecule has 1 aromatic rings. The molecule has 8 atom stereocenters. The molecule has 0 saturated heterocycles. The first-order valence-electron chi connectivity index (χ1n) is 12.8. The summed E-state index contributed by atoms with van der Waals surface area (Å²) in [6.07, 6.45) is 8.48. The van der Waals surface area contributed by atoms with Crippen LogP contribution in [0, 0.1) is 34.5 Å². The molecule has 0 spiro atoms. The molecule has 0 bridgehead atoms. The molecule has 5 rings (SSSR count). The van der Waals surface area contributed by atoms with Crippen LogP contribution in [-0.2, 0) is 14.3 Å². The van der Waals surface area contributed by atoms with Gasteiger partial charge in [0.15, 0.2) is 0 Å². The monoisotopic (exact) mass is 450 g/mol. The maximum atomic E-state index is 12.8. The standard InChI is InChI=1S/C29H38O4/c1-18-16-21-17-22(32-19(2)30)12-14-28(21,3)24-13-15-29(4)23(26(18)24)10-11-25(29)33-27(31)20-8-6-5-7-9-20/h5-9,21-26H,1,10-17H2,2-4H3/t21-,22+,23+,24+,25+,26+,28+,29+/m1/s1. The summed E-state index contributed by atoms with van der Waals surface area (Å²) in [5.74, 6) is 1.86. The lowest BCUT2D eigenvalue weighted by Crippen LogP contribution is -2.55. The van der Waals surface area contributed by atoms with Gasteiger partial charge in [-0.05, 0) is 92.6 Å². The Morgan fingerprint density at radius 1 is 0.939 bits per heavy atom. The summed E-state index contributed by atoms with van der Waals surface area (Å²) in [5, 5.41) is 0. The van der Waals surface area contributed by atoms with Gasteiger partial charge < -0.3 is 9.47 Å². The number of hydrogen-bond acceptors (Lipinski definition) is 4. The second-order valence-corrected chi connectivity index (χ2v) is 11.7. The minimum Gasteiger partial charge on any atom is -0.463 e. The third-order valence-electron chi connectivity index (χ3n) is 10.1. The van der Waals surface area contributed by atoms with Crippen LogP contribution in [0.3, 0.4) is 0 Å². The molecule has 0 radical (unpaired) electrons. The molecule has 4 aliphatic carbocycles. The smallest absolute Gasteiger partial charge is 0.338 e. The molecule has 0 unspecified atom stereocenters. The van der Waals surface area contributed by atoms with Crippen LogP contribution in [0.15, 0.2) is 42.5 Å². The van der Waals surface area contributed by atoms with E-state index in [4.69, 9.17) is 9.47 Å².